The number of carbonyl (C=O) groups is 1. The zero-order valence-corrected chi connectivity index (χ0v) is 12.4. The summed E-state index contributed by atoms with van der Waals surface area (Å²) in [5.41, 5.74) is 0.842. The molecule has 5 heteroatoms. The van der Waals surface area contributed by atoms with Gasteiger partial charge in [0, 0.05) is 30.3 Å². The lowest BCUT2D eigenvalue weighted by atomic mass is 9.99. The lowest BCUT2D eigenvalue weighted by Crippen LogP contribution is -2.43. The molecule has 20 heavy (non-hydrogen) atoms. The van der Waals surface area contributed by atoms with Gasteiger partial charge in [0.15, 0.2) is 6.61 Å². The molecule has 0 spiro atoms. The van der Waals surface area contributed by atoms with E-state index in [0.717, 1.165) is 24.9 Å². The van der Waals surface area contributed by atoms with Crippen LogP contribution in [0.5, 0.6) is 5.75 Å². The Hall–Kier alpha value is -1.26. The summed E-state index contributed by atoms with van der Waals surface area (Å²) in [6.07, 6.45) is 1.92. The van der Waals surface area contributed by atoms with E-state index in [9.17, 15) is 9.90 Å². The van der Waals surface area contributed by atoms with Crippen LogP contribution in [0, 0.1) is 12.8 Å². The predicted octanol–water partition coefficient (Wildman–Crippen LogP) is 2.26. The molecule has 1 aromatic carbocycles. The average molecular weight is 298 g/mol. The molecule has 1 amide bonds. The van der Waals surface area contributed by atoms with Crippen molar-refractivity contribution < 1.29 is 14.6 Å². The molecule has 1 atom stereocenters. The maximum absolute atomic E-state index is 12.1. The fraction of sp³-hybridized carbons (Fsp3) is 0.533. The van der Waals surface area contributed by atoms with Gasteiger partial charge in [0.05, 0.1) is 0 Å². The van der Waals surface area contributed by atoms with E-state index in [1.165, 1.54) is 0 Å². The number of nitrogens with zero attached hydrogens (tertiary/aromatic N) is 1. The third-order valence-electron chi connectivity index (χ3n) is 3.70. The SMILES string of the molecule is Cc1c(Cl)cccc1OCC(=O)N1CCCC(CO)C1. The average Bonchev–Trinajstić information content (AvgIpc) is 2.48. The largest absolute Gasteiger partial charge is 0.483 e. The zero-order valence-electron chi connectivity index (χ0n) is 11.6. The summed E-state index contributed by atoms with van der Waals surface area (Å²) in [6, 6.07) is 5.40. The van der Waals surface area contributed by atoms with Crippen LogP contribution in [0.2, 0.25) is 5.02 Å². The molecule has 0 bridgehead atoms. The summed E-state index contributed by atoms with van der Waals surface area (Å²) in [5, 5.41) is 9.81. The van der Waals surface area contributed by atoms with Crippen LogP contribution in [-0.4, -0.2) is 42.2 Å². The molecule has 1 N–H and O–H groups in total. The highest BCUT2D eigenvalue weighted by atomic mass is 35.5. The van der Waals surface area contributed by atoms with Crippen molar-refractivity contribution in [3.8, 4) is 5.75 Å². The Balaban J connectivity index is 1.90. The van der Waals surface area contributed by atoms with E-state index in [1.54, 1.807) is 23.1 Å². The minimum atomic E-state index is -0.0393. The number of aliphatic hydroxyl groups excluding tert-OH is 1. The van der Waals surface area contributed by atoms with E-state index in [2.05, 4.69) is 0 Å². The highest BCUT2D eigenvalue weighted by molar-refractivity contribution is 6.31. The van der Waals surface area contributed by atoms with Crippen molar-refractivity contribution in [1.29, 1.82) is 0 Å². The molecule has 0 saturated carbocycles. The van der Waals surface area contributed by atoms with Crippen LogP contribution in [-0.2, 0) is 4.79 Å². The smallest absolute Gasteiger partial charge is 0.260 e. The minimum absolute atomic E-state index is 0.0132. The summed E-state index contributed by atoms with van der Waals surface area (Å²) in [7, 11) is 0. The van der Waals surface area contributed by atoms with Gasteiger partial charge in [-0.05, 0) is 37.8 Å². The van der Waals surface area contributed by atoms with Gasteiger partial charge in [0.1, 0.15) is 5.75 Å². The standard InChI is InChI=1S/C15H20ClNO3/c1-11-13(16)5-2-6-14(11)20-10-15(19)17-7-3-4-12(8-17)9-18/h2,5-6,12,18H,3-4,7-10H2,1H3. The zero-order chi connectivity index (χ0) is 14.5. The Bertz CT molecular complexity index is 478. The molecule has 1 fully saturated rings. The van der Waals surface area contributed by atoms with Gasteiger partial charge in [0.25, 0.3) is 5.91 Å². The van der Waals surface area contributed by atoms with Crippen LogP contribution in [0.15, 0.2) is 18.2 Å². The van der Waals surface area contributed by atoms with Gasteiger partial charge in [-0.25, -0.2) is 0 Å². The molecule has 1 saturated heterocycles. The molecular weight excluding hydrogens is 278 g/mol. The molecule has 1 unspecified atom stereocenters. The number of likely N-dealkylation sites (tertiary alicyclic amines) is 1. The van der Waals surface area contributed by atoms with Crippen molar-refractivity contribution in [3.05, 3.63) is 28.8 Å². The van der Waals surface area contributed by atoms with Gasteiger partial charge in [-0.2, -0.15) is 0 Å². The number of amides is 1. The maximum Gasteiger partial charge on any atom is 0.260 e. The summed E-state index contributed by atoms with van der Waals surface area (Å²) >= 11 is 6.01. The molecule has 0 aliphatic carbocycles. The summed E-state index contributed by atoms with van der Waals surface area (Å²) in [6.45, 7) is 3.38. The number of aliphatic hydroxyl groups is 1. The van der Waals surface area contributed by atoms with E-state index in [4.69, 9.17) is 16.3 Å². The number of benzene rings is 1. The van der Waals surface area contributed by atoms with E-state index in [1.807, 2.05) is 6.92 Å². The number of hydrogen-bond donors (Lipinski definition) is 1. The minimum Gasteiger partial charge on any atom is -0.483 e. The first-order valence-corrected chi connectivity index (χ1v) is 7.26. The number of rotatable bonds is 4. The van der Waals surface area contributed by atoms with Crippen molar-refractivity contribution >= 4 is 17.5 Å². The lowest BCUT2D eigenvalue weighted by Gasteiger charge is -2.31. The predicted molar refractivity (Wildman–Crippen MR) is 78.1 cm³/mol. The van der Waals surface area contributed by atoms with Crippen molar-refractivity contribution in [2.45, 2.75) is 19.8 Å². The fourth-order valence-corrected chi connectivity index (χ4v) is 2.58. The van der Waals surface area contributed by atoms with Gasteiger partial charge in [0.2, 0.25) is 0 Å². The summed E-state index contributed by atoms with van der Waals surface area (Å²) in [4.78, 5) is 13.9. The Kier molecular flexibility index (Phi) is 5.26. The summed E-state index contributed by atoms with van der Waals surface area (Å²) in [5.74, 6) is 0.796. The molecule has 1 heterocycles. The van der Waals surface area contributed by atoms with Crippen LogP contribution in [0.3, 0.4) is 0 Å². The maximum atomic E-state index is 12.1. The van der Waals surface area contributed by atoms with E-state index in [-0.39, 0.29) is 25.0 Å². The van der Waals surface area contributed by atoms with Gasteiger partial charge in [-0.15, -0.1) is 0 Å². The highest BCUT2D eigenvalue weighted by Gasteiger charge is 2.23. The van der Waals surface area contributed by atoms with Gasteiger partial charge in [-0.3, -0.25) is 4.79 Å². The molecule has 1 aromatic rings. The quantitative estimate of drug-likeness (QED) is 0.927. The normalized spacial score (nSPS) is 18.9. The second kappa shape index (κ2) is 6.95. The van der Waals surface area contributed by atoms with Gasteiger partial charge >= 0.3 is 0 Å². The Morgan fingerprint density at radius 1 is 1.55 bits per heavy atom. The first kappa shape index (κ1) is 15.1. The Morgan fingerprint density at radius 2 is 2.35 bits per heavy atom. The molecule has 1 aliphatic heterocycles. The van der Waals surface area contributed by atoms with Crippen LogP contribution in [0.1, 0.15) is 18.4 Å². The van der Waals surface area contributed by atoms with Crippen LogP contribution >= 0.6 is 11.6 Å². The topological polar surface area (TPSA) is 49.8 Å². The second-order valence-electron chi connectivity index (χ2n) is 5.18. The van der Waals surface area contributed by atoms with Crippen molar-refractivity contribution in [3.63, 3.8) is 0 Å². The second-order valence-corrected chi connectivity index (χ2v) is 5.59. The number of ether oxygens (including phenoxy) is 1. The van der Waals surface area contributed by atoms with Gasteiger partial charge in [-0.1, -0.05) is 17.7 Å². The Morgan fingerprint density at radius 3 is 3.10 bits per heavy atom. The van der Waals surface area contributed by atoms with E-state index < -0.39 is 0 Å². The number of piperidine rings is 1. The van der Waals surface area contributed by atoms with Crippen molar-refractivity contribution in [2.24, 2.45) is 5.92 Å². The number of carbonyl (C=O) groups excluding carboxylic acids is 1. The molecule has 2 rings (SSSR count). The molecule has 0 aromatic heterocycles. The molecule has 0 radical (unpaired) electrons. The lowest BCUT2D eigenvalue weighted by molar-refractivity contribution is -0.135. The number of hydrogen-bond acceptors (Lipinski definition) is 3. The highest BCUT2D eigenvalue weighted by Crippen LogP contribution is 2.25. The third kappa shape index (κ3) is 3.64. The summed E-state index contributed by atoms with van der Waals surface area (Å²) < 4.78 is 5.56. The van der Waals surface area contributed by atoms with E-state index in [0.29, 0.717) is 17.3 Å². The van der Waals surface area contributed by atoms with Gasteiger partial charge < -0.3 is 14.7 Å². The fourth-order valence-electron chi connectivity index (χ4n) is 2.42. The van der Waals surface area contributed by atoms with Crippen LogP contribution in [0.4, 0.5) is 0 Å². The van der Waals surface area contributed by atoms with E-state index >= 15 is 0 Å². The first-order chi connectivity index (χ1) is 9.61. The molecule has 110 valence electrons. The number of halogens is 1. The first-order valence-electron chi connectivity index (χ1n) is 6.88. The monoisotopic (exact) mass is 297 g/mol. The van der Waals surface area contributed by atoms with Crippen LogP contribution in [0.25, 0.3) is 0 Å². The molecular formula is C15H20ClNO3. The molecule has 4 nitrogen and oxygen atoms in total. The van der Waals surface area contributed by atoms with Crippen molar-refractivity contribution in [1.82, 2.24) is 4.90 Å². The molecule has 1 aliphatic rings. The Labute approximate surface area is 124 Å². The third-order valence-corrected chi connectivity index (χ3v) is 4.11. The van der Waals surface area contributed by atoms with Crippen LogP contribution < -0.4 is 4.74 Å². The van der Waals surface area contributed by atoms with Crippen molar-refractivity contribution in [2.75, 3.05) is 26.3 Å².